The van der Waals surface area contributed by atoms with Gasteiger partial charge >= 0.3 is 0 Å². The van der Waals surface area contributed by atoms with Crippen LogP contribution in [0.25, 0.3) is 11.3 Å². The van der Waals surface area contributed by atoms with Crippen molar-refractivity contribution >= 4 is 12.2 Å². The standard InChI is InChI=1S/C17H22N2OS/c1-11(2)20-13-8-6-7-12(9-13)14-10-15(21)19-16(18-14)17(3,4)5/h6-11H,1-5H3,(H,18,19,21). The number of aromatic nitrogens is 2. The van der Waals surface area contributed by atoms with Gasteiger partial charge in [-0.1, -0.05) is 45.1 Å². The van der Waals surface area contributed by atoms with Crippen LogP contribution in [0.1, 0.15) is 40.4 Å². The zero-order chi connectivity index (χ0) is 15.6. The molecule has 0 bridgehead atoms. The van der Waals surface area contributed by atoms with E-state index in [2.05, 4.69) is 30.7 Å². The lowest BCUT2D eigenvalue weighted by molar-refractivity contribution is 0.242. The van der Waals surface area contributed by atoms with Gasteiger partial charge in [-0.05, 0) is 32.0 Å². The summed E-state index contributed by atoms with van der Waals surface area (Å²) in [5.41, 5.74) is 1.94. The molecule has 0 amide bonds. The maximum absolute atomic E-state index is 5.75. The molecule has 0 saturated carbocycles. The molecule has 1 aromatic carbocycles. The molecule has 0 aliphatic rings. The predicted molar refractivity (Wildman–Crippen MR) is 89.3 cm³/mol. The molecule has 0 atom stereocenters. The Labute approximate surface area is 131 Å². The number of hydrogen-bond donors (Lipinski definition) is 1. The highest BCUT2D eigenvalue weighted by Gasteiger charge is 2.17. The molecule has 1 N–H and O–H groups in total. The molecule has 112 valence electrons. The Morgan fingerprint density at radius 2 is 1.90 bits per heavy atom. The predicted octanol–water partition coefficient (Wildman–Crippen LogP) is 4.89. The average Bonchev–Trinajstić information content (AvgIpc) is 2.36. The topological polar surface area (TPSA) is 37.9 Å². The number of benzene rings is 1. The minimum Gasteiger partial charge on any atom is -0.491 e. The van der Waals surface area contributed by atoms with Gasteiger partial charge in [-0.2, -0.15) is 0 Å². The SMILES string of the molecule is CC(C)Oc1cccc(-c2cc(=S)nc(C(C)(C)C)[nH]2)c1. The van der Waals surface area contributed by atoms with E-state index in [1.165, 1.54) is 0 Å². The van der Waals surface area contributed by atoms with Crippen molar-refractivity contribution in [3.8, 4) is 17.0 Å². The second kappa shape index (κ2) is 5.98. The van der Waals surface area contributed by atoms with E-state index >= 15 is 0 Å². The van der Waals surface area contributed by atoms with Gasteiger partial charge in [0.25, 0.3) is 0 Å². The first-order chi connectivity index (χ1) is 9.75. The van der Waals surface area contributed by atoms with Crippen molar-refractivity contribution in [2.45, 2.75) is 46.1 Å². The summed E-state index contributed by atoms with van der Waals surface area (Å²) in [6.07, 6.45) is 0.154. The van der Waals surface area contributed by atoms with Gasteiger partial charge in [0.2, 0.25) is 0 Å². The summed E-state index contributed by atoms with van der Waals surface area (Å²) in [5.74, 6) is 1.75. The van der Waals surface area contributed by atoms with Crippen LogP contribution in [0.4, 0.5) is 0 Å². The first kappa shape index (κ1) is 15.7. The van der Waals surface area contributed by atoms with E-state index in [0.717, 1.165) is 22.8 Å². The van der Waals surface area contributed by atoms with E-state index in [1.54, 1.807) is 0 Å². The second-order valence-corrected chi connectivity index (χ2v) is 6.84. The lowest BCUT2D eigenvalue weighted by atomic mass is 9.95. The third kappa shape index (κ3) is 4.14. The van der Waals surface area contributed by atoms with Crippen molar-refractivity contribution in [1.82, 2.24) is 9.97 Å². The number of rotatable bonds is 3. The molecule has 1 aromatic heterocycles. The Morgan fingerprint density at radius 1 is 1.19 bits per heavy atom. The Balaban J connectivity index is 2.47. The first-order valence-corrected chi connectivity index (χ1v) is 7.55. The zero-order valence-corrected chi connectivity index (χ0v) is 14.0. The highest BCUT2D eigenvalue weighted by Crippen LogP contribution is 2.25. The van der Waals surface area contributed by atoms with Crippen molar-refractivity contribution in [2.24, 2.45) is 0 Å². The summed E-state index contributed by atoms with van der Waals surface area (Å²) in [5, 5.41) is 0. The summed E-state index contributed by atoms with van der Waals surface area (Å²) in [6, 6.07) is 9.90. The largest absolute Gasteiger partial charge is 0.491 e. The smallest absolute Gasteiger partial charge is 0.130 e. The summed E-state index contributed by atoms with van der Waals surface area (Å²) in [4.78, 5) is 7.82. The van der Waals surface area contributed by atoms with Crippen LogP contribution in [-0.2, 0) is 5.41 Å². The van der Waals surface area contributed by atoms with Crippen LogP contribution in [-0.4, -0.2) is 16.1 Å². The fourth-order valence-corrected chi connectivity index (χ4v) is 2.19. The van der Waals surface area contributed by atoms with Crippen LogP contribution in [0.15, 0.2) is 30.3 Å². The molecule has 21 heavy (non-hydrogen) atoms. The summed E-state index contributed by atoms with van der Waals surface area (Å²) >= 11 is 5.30. The molecule has 0 saturated heterocycles. The quantitative estimate of drug-likeness (QED) is 0.820. The van der Waals surface area contributed by atoms with Crippen molar-refractivity contribution in [3.05, 3.63) is 40.8 Å². The van der Waals surface area contributed by atoms with Gasteiger partial charge in [0.15, 0.2) is 0 Å². The molecule has 1 heterocycles. The van der Waals surface area contributed by atoms with Gasteiger partial charge in [-0.15, -0.1) is 0 Å². The number of nitrogens with one attached hydrogen (secondary N) is 1. The van der Waals surface area contributed by atoms with Crippen LogP contribution in [0.3, 0.4) is 0 Å². The van der Waals surface area contributed by atoms with E-state index in [9.17, 15) is 0 Å². The van der Waals surface area contributed by atoms with Crippen molar-refractivity contribution in [2.75, 3.05) is 0 Å². The van der Waals surface area contributed by atoms with Crippen LogP contribution < -0.4 is 4.74 Å². The molecule has 0 spiro atoms. The first-order valence-electron chi connectivity index (χ1n) is 7.14. The number of nitrogens with zero attached hydrogens (tertiary/aromatic N) is 1. The highest BCUT2D eigenvalue weighted by atomic mass is 32.1. The summed E-state index contributed by atoms with van der Waals surface area (Å²) < 4.78 is 6.35. The van der Waals surface area contributed by atoms with Gasteiger partial charge in [-0.3, -0.25) is 0 Å². The maximum Gasteiger partial charge on any atom is 0.130 e. The Hall–Kier alpha value is -1.68. The van der Waals surface area contributed by atoms with Gasteiger partial charge < -0.3 is 9.72 Å². The average molecular weight is 302 g/mol. The molecule has 0 aliphatic carbocycles. The Bertz CT molecular complexity index is 684. The summed E-state index contributed by atoms with van der Waals surface area (Å²) in [7, 11) is 0. The van der Waals surface area contributed by atoms with E-state index in [4.69, 9.17) is 17.0 Å². The highest BCUT2D eigenvalue weighted by molar-refractivity contribution is 7.71. The third-order valence-electron chi connectivity index (χ3n) is 2.97. The minimum absolute atomic E-state index is 0.0738. The van der Waals surface area contributed by atoms with E-state index in [0.29, 0.717) is 4.64 Å². The van der Waals surface area contributed by atoms with Gasteiger partial charge in [0, 0.05) is 16.7 Å². The molecule has 4 heteroatoms. The number of hydrogen-bond acceptors (Lipinski definition) is 3. The van der Waals surface area contributed by atoms with Crippen LogP contribution in [0.2, 0.25) is 0 Å². The van der Waals surface area contributed by atoms with Crippen molar-refractivity contribution in [3.63, 3.8) is 0 Å². The van der Waals surface area contributed by atoms with Gasteiger partial charge in [0.05, 0.1) is 6.10 Å². The second-order valence-electron chi connectivity index (χ2n) is 6.43. The third-order valence-corrected chi connectivity index (χ3v) is 3.18. The van der Waals surface area contributed by atoms with Crippen molar-refractivity contribution < 1.29 is 4.74 Å². The van der Waals surface area contributed by atoms with Gasteiger partial charge in [0.1, 0.15) is 16.2 Å². The Morgan fingerprint density at radius 3 is 2.52 bits per heavy atom. The van der Waals surface area contributed by atoms with Crippen LogP contribution in [0, 0.1) is 4.64 Å². The molecular weight excluding hydrogens is 280 g/mol. The lowest BCUT2D eigenvalue weighted by Crippen LogP contribution is -2.16. The van der Waals surface area contributed by atoms with Gasteiger partial charge in [-0.25, -0.2) is 4.98 Å². The monoisotopic (exact) mass is 302 g/mol. The molecule has 2 rings (SSSR count). The van der Waals surface area contributed by atoms with E-state index < -0.39 is 0 Å². The molecular formula is C17H22N2OS. The molecule has 2 aromatic rings. The fourth-order valence-electron chi connectivity index (χ4n) is 1.98. The van der Waals surface area contributed by atoms with Crippen LogP contribution in [0.5, 0.6) is 5.75 Å². The molecule has 3 nitrogen and oxygen atoms in total. The summed E-state index contributed by atoms with van der Waals surface area (Å²) in [6.45, 7) is 10.4. The number of H-pyrrole nitrogens is 1. The van der Waals surface area contributed by atoms with E-state index in [-0.39, 0.29) is 11.5 Å². The molecule has 0 aliphatic heterocycles. The maximum atomic E-state index is 5.75. The number of ether oxygens (including phenoxy) is 1. The minimum atomic E-state index is -0.0738. The Kier molecular flexibility index (Phi) is 4.47. The van der Waals surface area contributed by atoms with Crippen LogP contribution >= 0.6 is 12.2 Å². The molecule has 0 unspecified atom stereocenters. The van der Waals surface area contributed by atoms with Crippen molar-refractivity contribution in [1.29, 1.82) is 0 Å². The number of aromatic amines is 1. The normalized spacial score (nSPS) is 11.7. The molecule has 0 radical (unpaired) electrons. The lowest BCUT2D eigenvalue weighted by Gasteiger charge is -2.18. The molecule has 0 fully saturated rings. The zero-order valence-electron chi connectivity index (χ0n) is 13.2. The van der Waals surface area contributed by atoms with E-state index in [1.807, 2.05) is 44.2 Å². The fraction of sp³-hybridized carbons (Fsp3) is 0.412.